The normalized spacial score (nSPS) is 18.9. The first-order valence-electron chi connectivity index (χ1n) is 11.2. The number of carbonyl (C=O) groups excluding carboxylic acids is 1. The van der Waals surface area contributed by atoms with Gasteiger partial charge in [0.25, 0.3) is 5.91 Å². The molecule has 2 aliphatic rings. The molecule has 0 aliphatic carbocycles. The number of rotatable bonds is 8. The number of nitrogens with one attached hydrogen (secondary N) is 2. The highest BCUT2D eigenvalue weighted by Gasteiger charge is 2.28. The minimum absolute atomic E-state index is 0.0956. The fourth-order valence-electron chi connectivity index (χ4n) is 4.16. The predicted octanol–water partition coefficient (Wildman–Crippen LogP) is 2.64. The molecule has 10 nitrogen and oxygen atoms in total. The third kappa shape index (κ3) is 5.30. The lowest BCUT2D eigenvalue weighted by atomic mass is 10.1. The summed E-state index contributed by atoms with van der Waals surface area (Å²) in [6, 6.07) is 10.3. The Bertz CT molecular complexity index is 1170. The first kappa shape index (κ1) is 23.3. The molecule has 1 amide bonds. The molecule has 1 aromatic carbocycles. The van der Waals surface area contributed by atoms with Crippen LogP contribution >= 0.6 is 11.3 Å². The quantitative estimate of drug-likeness (QED) is 0.481. The molecule has 13 heteroatoms. The van der Waals surface area contributed by atoms with E-state index in [1.165, 1.54) is 24.5 Å². The summed E-state index contributed by atoms with van der Waals surface area (Å²) in [7, 11) is 1.46. The van der Waals surface area contributed by atoms with Gasteiger partial charge in [0, 0.05) is 31.9 Å². The number of alkyl halides is 1. The van der Waals surface area contributed by atoms with Crippen LogP contribution in [-0.2, 0) is 9.53 Å². The number of hydrogen-bond donors (Lipinski definition) is 2. The second kappa shape index (κ2) is 10.0. The van der Waals surface area contributed by atoms with E-state index in [9.17, 15) is 13.6 Å². The van der Waals surface area contributed by atoms with E-state index in [0.29, 0.717) is 41.3 Å². The Kier molecular flexibility index (Phi) is 6.68. The van der Waals surface area contributed by atoms with E-state index in [1.807, 2.05) is 28.0 Å². The van der Waals surface area contributed by atoms with Crippen molar-refractivity contribution in [1.29, 1.82) is 0 Å². The van der Waals surface area contributed by atoms with E-state index in [0.717, 1.165) is 18.7 Å². The van der Waals surface area contributed by atoms with Crippen LogP contribution in [0.3, 0.4) is 0 Å². The summed E-state index contributed by atoms with van der Waals surface area (Å²) in [5.41, 5.74) is 1.52. The van der Waals surface area contributed by atoms with E-state index in [1.54, 1.807) is 12.1 Å². The minimum Gasteiger partial charge on any atom is -0.367 e. The van der Waals surface area contributed by atoms with Crippen LogP contribution in [0, 0.1) is 5.95 Å². The maximum atomic E-state index is 13.2. The molecule has 0 bridgehead atoms. The molecule has 2 fully saturated rings. The lowest BCUT2D eigenvalue weighted by Crippen LogP contribution is -2.48. The third-order valence-electron chi connectivity index (χ3n) is 5.96. The van der Waals surface area contributed by atoms with Crippen LogP contribution in [0.1, 0.15) is 18.1 Å². The Balaban J connectivity index is 1.17. The van der Waals surface area contributed by atoms with E-state index >= 15 is 0 Å². The van der Waals surface area contributed by atoms with Gasteiger partial charge in [-0.15, -0.1) is 20.4 Å². The Hall–Kier alpha value is -3.45. The van der Waals surface area contributed by atoms with Crippen molar-refractivity contribution in [3.8, 4) is 0 Å². The van der Waals surface area contributed by atoms with Crippen LogP contribution in [0.25, 0.3) is 0 Å². The van der Waals surface area contributed by atoms with Gasteiger partial charge >= 0.3 is 0 Å². The Morgan fingerprint density at radius 1 is 1.11 bits per heavy atom. The predicted molar refractivity (Wildman–Crippen MR) is 128 cm³/mol. The molecule has 0 spiro atoms. The standard InChI is InChI=1S/C22H24F2N8O2S/c1-34-19(13-3-2-4-16(9-13)32-10-14(23)11-32)20(33)26-22-30-29-21(35-22)25-15-7-8-31(12-15)18-6-5-17(24)27-28-18/h2-6,9,14-15,19H,7-8,10-12H2,1H3,(H,25,29)(H,26,30,33)/t15-,19+/m1/s1. The summed E-state index contributed by atoms with van der Waals surface area (Å²) in [5.74, 6) is -0.365. The molecule has 2 atom stereocenters. The molecule has 0 unspecified atom stereocenters. The van der Waals surface area contributed by atoms with Gasteiger partial charge in [0.2, 0.25) is 16.2 Å². The van der Waals surface area contributed by atoms with Gasteiger partial charge in [0.05, 0.1) is 13.1 Å². The van der Waals surface area contributed by atoms with Gasteiger partial charge in [-0.1, -0.05) is 23.5 Å². The summed E-state index contributed by atoms with van der Waals surface area (Å²) >= 11 is 1.22. The highest BCUT2D eigenvalue weighted by Crippen LogP contribution is 2.29. The van der Waals surface area contributed by atoms with Gasteiger partial charge in [-0.3, -0.25) is 10.1 Å². The van der Waals surface area contributed by atoms with Crippen LogP contribution in [0.15, 0.2) is 36.4 Å². The number of halogens is 2. The van der Waals surface area contributed by atoms with Gasteiger partial charge in [0.15, 0.2) is 11.9 Å². The van der Waals surface area contributed by atoms with Gasteiger partial charge in [0.1, 0.15) is 6.17 Å². The Morgan fingerprint density at radius 3 is 2.69 bits per heavy atom. The van der Waals surface area contributed by atoms with Gasteiger partial charge in [-0.25, -0.2) is 4.39 Å². The molecule has 2 aliphatic heterocycles. The molecule has 2 saturated heterocycles. The number of methoxy groups -OCH3 is 1. The maximum Gasteiger partial charge on any atom is 0.259 e. The molecule has 5 rings (SSSR count). The van der Waals surface area contributed by atoms with Crippen molar-refractivity contribution >= 4 is 39.0 Å². The number of carbonyl (C=O) groups is 1. The van der Waals surface area contributed by atoms with Crippen molar-refractivity contribution in [3.63, 3.8) is 0 Å². The van der Waals surface area contributed by atoms with E-state index in [4.69, 9.17) is 4.74 Å². The summed E-state index contributed by atoms with van der Waals surface area (Å²) < 4.78 is 31.7. The topological polar surface area (TPSA) is 108 Å². The second-order valence-corrected chi connectivity index (χ2v) is 9.38. The van der Waals surface area contributed by atoms with Crippen LogP contribution in [0.2, 0.25) is 0 Å². The number of aromatic nitrogens is 4. The number of amides is 1. The van der Waals surface area contributed by atoms with E-state index < -0.39 is 18.2 Å². The monoisotopic (exact) mass is 502 g/mol. The Labute approximate surface area is 204 Å². The van der Waals surface area contributed by atoms with E-state index in [-0.39, 0.29) is 11.9 Å². The van der Waals surface area contributed by atoms with Crippen molar-refractivity contribution < 1.29 is 18.3 Å². The lowest BCUT2D eigenvalue weighted by Gasteiger charge is -2.36. The molecule has 2 aromatic heterocycles. The Morgan fingerprint density at radius 2 is 1.94 bits per heavy atom. The number of ether oxygens (including phenoxy) is 1. The fourth-order valence-corrected chi connectivity index (χ4v) is 4.88. The largest absolute Gasteiger partial charge is 0.367 e. The zero-order valence-electron chi connectivity index (χ0n) is 18.9. The zero-order chi connectivity index (χ0) is 24.4. The minimum atomic E-state index is -0.849. The number of benzene rings is 1. The SMILES string of the molecule is CO[C@H](C(=O)Nc1nnc(N[C@@H]2CCN(c3ccc(F)nn3)C2)s1)c1cccc(N2CC(F)C2)c1. The molecule has 184 valence electrons. The summed E-state index contributed by atoms with van der Waals surface area (Å²) in [4.78, 5) is 16.8. The van der Waals surface area contributed by atoms with Crippen LogP contribution in [0.5, 0.6) is 0 Å². The number of nitrogens with zero attached hydrogens (tertiary/aromatic N) is 6. The highest BCUT2D eigenvalue weighted by atomic mass is 32.1. The molecule has 0 saturated carbocycles. The second-order valence-electron chi connectivity index (χ2n) is 8.40. The van der Waals surface area contributed by atoms with Crippen LogP contribution < -0.4 is 20.4 Å². The maximum absolute atomic E-state index is 13.2. The molecule has 2 N–H and O–H groups in total. The molecule has 35 heavy (non-hydrogen) atoms. The fraction of sp³-hybridized carbons (Fsp3) is 0.409. The van der Waals surface area contributed by atoms with Crippen molar-refractivity contribution in [3.05, 3.63) is 47.9 Å². The highest BCUT2D eigenvalue weighted by molar-refractivity contribution is 7.19. The van der Waals surface area contributed by atoms with Crippen LogP contribution in [0.4, 0.5) is 30.5 Å². The molecule has 0 radical (unpaired) electrons. The van der Waals surface area contributed by atoms with E-state index in [2.05, 4.69) is 31.0 Å². The van der Waals surface area contributed by atoms with Gasteiger partial charge < -0.3 is 19.9 Å². The molecule has 4 heterocycles. The first-order chi connectivity index (χ1) is 17.0. The first-order valence-corrected chi connectivity index (χ1v) is 12.0. The van der Waals surface area contributed by atoms with Crippen LogP contribution in [-0.4, -0.2) is 71.8 Å². The smallest absolute Gasteiger partial charge is 0.259 e. The molecule has 3 aromatic rings. The lowest BCUT2D eigenvalue weighted by molar-refractivity contribution is -0.126. The summed E-state index contributed by atoms with van der Waals surface area (Å²) in [6.07, 6.45) is -0.829. The summed E-state index contributed by atoms with van der Waals surface area (Å²) in [5, 5.41) is 22.5. The zero-order valence-corrected chi connectivity index (χ0v) is 19.7. The van der Waals surface area contributed by atoms with Crippen molar-refractivity contribution in [2.75, 3.05) is 53.7 Å². The average molecular weight is 503 g/mol. The van der Waals surface area contributed by atoms with Crippen molar-refractivity contribution in [2.24, 2.45) is 0 Å². The van der Waals surface area contributed by atoms with Gasteiger partial charge in [-0.2, -0.15) is 4.39 Å². The summed E-state index contributed by atoms with van der Waals surface area (Å²) in [6.45, 7) is 2.11. The third-order valence-corrected chi connectivity index (χ3v) is 6.73. The number of hydrogen-bond acceptors (Lipinski definition) is 10. The number of anilines is 4. The van der Waals surface area contributed by atoms with Crippen molar-refractivity contribution in [2.45, 2.75) is 24.7 Å². The van der Waals surface area contributed by atoms with Crippen molar-refractivity contribution in [1.82, 2.24) is 20.4 Å². The van der Waals surface area contributed by atoms with Gasteiger partial charge in [-0.05, 0) is 36.2 Å². The molecular formula is C22H24F2N8O2S. The average Bonchev–Trinajstić information content (AvgIpc) is 3.48. The molecular weight excluding hydrogens is 478 g/mol.